The smallest absolute Gasteiger partial charge is 0.261 e. The maximum atomic E-state index is 13.3. The van der Waals surface area contributed by atoms with Crippen molar-refractivity contribution in [3.05, 3.63) is 65.7 Å². The van der Waals surface area contributed by atoms with Crippen LogP contribution in [0.2, 0.25) is 5.04 Å². The molecule has 4 rings (SSSR count). The van der Waals surface area contributed by atoms with Crippen molar-refractivity contribution in [2.45, 2.75) is 76.5 Å². The van der Waals surface area contributed by atoms with E-state index < -0.39 is 34.2 Å². The first-order valence-corrected chi connectivity index (χ1v) is 19.2. The summed E-state index contributed by atoms with van der Waals surface area (Å²) < 4.78 is 37.4. The van der Waals surface area contributed by atoms with Crippen LogP contribution in [0.3, 0.4) is 0 Å². The second-order valence-electron chi connectivity index (χ2n) is 13.5. The number of carbonyl (C=O) groups is 1. The monoisotopic (exact) mass is 643 g/mol. The molecule has 1 aromatic heterocycles. The van der Waals surface area contributed by atoms with Crippen LogP contribution in [0, 0.1) is 5.92 Å². The van der Waals surface area contributed by atoms with Crippen molar-refractivity contribution >= 4 is 50.9 Å². The van der Waals surface area contributed by atoms with Gasteiger partial charge in [-0.1, -0.05) is 107 Å². The third kappa shape index (κ3) is 7.11. The van der Waals surface area contributed by atoms with E-state index in [1.54, 1.807) is 0 Å². The zero-order chi connectivity index (χ0) is 31.5. The summed E-state index contributed by atoms with van der Waals surface area (Å²) in [6, 6.07) is 20.9. The van der Waals surface area contributed by atoms with E-state index >= 15 is 0 Å². The predicted octanol–water partition coefficient (Wildman–Crippen LogP) is 4.95. The van der Waals surface area contributed by atoms with Gasteiger partial charge in [0.25, 0.3) is 8.32 Å². The highest BCUT2D eigenvalue weighted by molar-refractivity contribution is 7.93. The molecule has 1 fully saturated rings. The summed E-state index contributed by atoms with van der Waals surface area (Å²) in [5.41, 5.74) is -0.529. The van der Waals surface area contributed by atoms with E-state index in [0.717, 1.165) is 0 Å². The normalized spacial score (nSPS) is 15.8. The average Bonchev–Trinajstić information content (AvgIpc) is 3.43. The number of carbonyl (C=O) groups excluding carboxylic acids is 1. The quantitative estimate of drug-likeness (QED) is 0.295. The molecule has 2 aromatic carbocycles. The summed E-state index contributed by atoms with van der Waals surface area (Å²) in [6.07, 6.45) is 1.36. The number of aromatic nitrogens is 2. The maximum absolute atomic E-state index is 13.3. The van der Waals surface area contributed by atoms with Gasteiger partial charge in [-0.25, -0.2) is 8.42 Å². The fraction of sp³-hybridized carbons (Fsp3) is 0.531. The summed E-state index contributed by atoms with van der Waals surface area (Å²) in [6.45, 7) is 15.2. The molecule has 0 atom stereocenters. The summed E-state index contributed by atoms with van der Waals surface area (Å²) in [5.74, 6) is -0.649. The number of anilines is 1. The third-order valence-electron chi connectivity index (χ3n) is 8.41. The summed E-state index contributed by atoms with van der Waals surface area (Å²) in [4.78, 5) is 13.3. The first-order valence-electron chi connectivity index (χ1n) is 14.8. The largest absolute Gasteiger partial charge is 0.406 e. The van der Waals surface area contributed by atoms with Crippen molar-refractivity contribution in [1.82, 2.24) is 10.2 Å². The topological polar surface area (TPSA) is 107 Å². The molecule has 1 aliphatic heterocycles. The molecule has 0 unspecified atom stereocenters. The first kappa shape index (κ1) is 33.4. The van der Waals surface area contributed by atoms with Gasteiger partial charge in [-0.05, 0) is 48.0 Å². The molecule has 43 heavy (non-hydrogen) atoms. The van der Waals surface area contributed by atoms with Crippen LogP contribution in [0.1, 0.15) is 66.3 Å². The number of nitrogens with zero attached hydrogens (tertiary/aromatic N) is 2. The molecular weight excluding hydrogens is 599 g/mol. The predicted molar refractivity (Wildman–Crippen MR) is 177 cm³/mol. The van der Waals surface area contributed by atoms with Gasteiger partial charge in [0.15, 0.2) is 9.84 Å². The van der Waals surface area contributed by atoms with Gasteiger partial charge in [-0.3, -0.25) is 10.1 Å². The Labute approximate surface area is 261 Å². The first-order chi connectivity index (χ1) is 20.1. The second kappa shape index (κ2) is 12.9. The number of ether oxygens (including phenoxy) is 1. The third-order valence-corrected chi connectivity index (χ3v) is 17.2. The van der Waals surface area contributed by atoms with Crippen molar-refractivity contribution in [1.29, 1.82) is 0 Å². The lowest BCUT2D eigenvalue weighted by atomic mass is 9.96. The molecule has 0 aliphatic carbocycles. The minimum atomic E-state index is -3.72. The molecule has 0 radical (unpaired) electrons. The lowest BCUT2D eigenvalue weighted by Crippen LogP contribution is -2.67. The molecule has 0 spiro atoms. The fourth-order valence-corrected chi connectivity index (χ4v) is 12.7. The van der Waals surface area contributed by atoms with E-state index in [1.165, 1.54) is 35.6 Å². The summed E-state index contributed by atoms with van der Waals surface area (Å²) in [7, 11) is -6.48. The minimum absolute atomic E-state index is 0.00436. The van der Waals surface area contributed by atoms with Crippen molar-refractivity contribution in [3.8, 4) is 0 Å². The molecule has 1 N–H and O–H groups in total. The minimum Gasteiger partial charge on any atom is -0.406 e. The molecule has 1 saturated heterocycles. The van der Waals surface area contributed by atoms with Gasteiger partial charge in [0.2, 0.25) is 11.0 Å². The van der Waals surface area contributed by atoms with E-state index in [0.29, 0.717) is 37.7 Å². The number of hydrogen-bond donors (Lipinski definition) is 1. The molecule has 1 aliphatic rings. The molecule has 11 heteroatoms. The van der Waals surface area contributed by atoms with Gasteiger partial charge >= 0.3 is 0 Å². The highest BCUT2D eigenvalue weighted by Crippen LogP contribution is 2.39. The van der Waals surface area contributed by atoms with Crippen LogP contribution in [0.25, 0.3) is 0 Å². The number of amides is 1. The van der Waals surface area contributed by atoms with Crippen molar-refractivity contribution in [3.63, 3.8) is 0 Å². The Balaban J connectivity index is 1.54. The fourth-order valence-electron chi connectivity index (χ4n) is 5.48. The van der Waals surface area contributed by atoms with E-state index in [4.69, 9.17) is 9.16 Å². The molecule has 3 aromatic rings. The highest BCUT2D eigenvalue weighted by Gasteiger charge is 2.51. The van der Waals surface area contributed by atoms with Crippen molar-refractivity contribution in [2.24, 2.45) is 5.92 Å². The number of rotatable bonds is 11. The molecule has 234 valence electrons. The van der Waals surface area contributed by atoms with E-state index in [-0.39, 0.29) is 21.8 Å². The Morgan fingerprint density at radius 3 is 1.98 bits per heavy atom. The average molecular weight is 644 g/mol. The highest BCUT2D eigenvalue weighted by atomic mass is 32.2. The lowest BCUT2D eigenvalue weighted by Gasteiger charge is -2.44. The molecule has 0 saturated carbocycles. The second-order valence-corrected chi connectivity index (χ2v) is 21.4. The van der Waals surface area contributed by atoms with Gasteiger partial charge in [-0.2, -0.15) is 0 Å². The van der Waals surface area contributed by atoms with Gasteiger partial charge in [-0.15, -0.1) is 10.2 Å². The molecule has 1 amide bonds. The van der Waals surface area contributed by atoms with E-state index in [9.17, 15) is 13.2 Å². The van der Waals surface area contributed by atoms with Gasteiger partial charge in [0.05, 0.1) is 5.75 Å². The molecule has 8 nitrogen and oxygen atoms in total. The summed E-state index contributed by atoms with van der Waals surface area (Å²) in [5, 5.41) is 14.6. The van der Waals surface area contributed by atoms with Crippen LogP contribution in [0.5, 0.6) is 0 Å². The Morgan fingerprint density at radius 1 is 0.930 bits per heavy atom. The van der Waals surface area contributed by atoms with Gasteiger partial charge in [0.1, 0.15) is 9.75 Å². The van der Waals surface area contributed by atoms with Gasteiger partial charge in [0, 0.05) is 25.2 Å². The SMILES string of the molecule is CC(C)(CO[Si](c1ccccc1)(c1ccccc1)C(C)(C)C)c1nnc(NC(=O)C(C)(C)S(=O)(=O)CC2CCOCC2)s1. The van der Waals surface area contributed by atoms with Gasteiger partial charge < -0.3 is 9.16 Å². The Bertz CT molecular complexity index is 1440. The van der Waals surface area contributed by atoms with Crippen LogP contribution in [-0.2, 0) is 29.2 Å². The van der Waals surface area contributed by atoms with Crippen LogP contribution in [0.4, 0.5) is 5.13 Å². The zero-order valence-corrected chi connectivity index (χ0v) is 29.0. The number of benzene rings is 2. The zero-order valence-electron chi connectivity index (χ0n) is 26.3. The Morgan fingerprint density at radius 2 is 1.47 bits per heavy atom. The summed E-state index contributed by atoms with van der Waals surface area (Å²) >= 11 is 1.25. The number of sulfone groups is 1. The maximum Gasteiger partial charge on any atom is 0.261 e. The van der Waals surface area contributed by atoms with E-state index in [2.05, 4.69) is 98.7 Å². The Hall–Kier alpha value is -2.44. The molecular formula is C32H45N3O5S2Si. The van der Waals surface area contributed by atoms with Crippen LogP contribution < -0.4 is 15.7 Å². The van der Waals surface area contributed by atoms with Crippen molar-refractivity contribution < 1.29 is 22.4 Å². The van der Waals surface area contributed by atoms with E-state index in [1.807, 2.05) is 12.1 Å². The standard InChI is InChI=1S/C32H45N3O5S2Si/c1-30(2,3)43(25-14-10-8-11-15-25,26-16-12-9-13-17-26)40-23-31(4,5)28-34-35-29(41-28)33-27(36)32(6,7)42(37,38)22-24-18-20-39-21-19-24/h8-17,24H,18-23H2,1-7H3,(H,33,35,36). The molecule has 2 heterocycles. The van der Waals surface area contributed by atoms with Crippen molar-refractivity contribution in [2.75, 3.05) is 30.9 Å². The molecule has 0 bridgehead atoms. The number of hydrogen-bond acceptors (Lipinski definition) is 8. The van der Waals surface area contributed by atoms with Crippen LogP contribution in [-0.4, -0.2) is 63.2 Å². The van der Waals surface area contributed by atoms with Crippen LogP contribution in [0.15, 0.2) is 60.7 Å². The Kier molecular flexibility index (Phi) is 10.0. The van der Waals surface area contributed by atoms with Crippen LogP contribution >= 0.6 is 11.3 Å². The number of nitrogens with one attached hydrogen (secondary N) is 1. The lowest BCUT2D eigenvalue weighted by molar-refractivity contribution is -0.117.